The van der Waals surface area contributed by atoms with Crippen LogP contribution in [0.25, 0.3) is 11.2 Å². The van der Waals surface area contributed by atoms with E-state index >= 15 is 0 Å². The molecular weight excluding hydrogens is 443 g/mol. The van der Waals surface area contributed by atoms with Gasteiger partial charge in [-0.25, -0.2) is 9.97 Å². The number of imidazole rings is 1. The van der Waals surface area contributed by atoms with Gasteiger partial charge in [-0.1, -0.05) is 11.6 Å². The van der Waals surface area contributed by atoms with Crippen LogP contribution < -0.4 is 16.0 Å². The number of halogens is 4. The highest BCUT2D eigenvalue weighted by Gasteiger charge is 2.31. The lowest BCUT2D eigenvalue weighted by molar-refractivity contribution is -0.137. The first-order chi connectivity index (χ1) is 15.0. The molecule has 3 N–H and O–H groups in total. The summed E-state index contributed by atoms with van der Waals surface area (Å²) in [4.78, 5) is 13.6. The minimum Gasteiger partial charge on any atom is -0.350 e. The Labute approximate surface area is 188 Å². The summed E-state index contributed by atoms with van der Waals surface area (Å²) in [6.45, 7) is 7.69. The van der Waals surface area contributed by atoms with E-state index in [-0.39, 0.29) is 22.3 Å². The van der Waals surface area contributed by atoms with Crippen LogP contribution in [-0.2, 0) is 6.18 Å². The maximum Gasteiger partial charge on any atom is 0.416 e. The lowest BCUT2D eigenvalue weighted by atomic mass is 10.1. The summed E-state index contributed by atoms with van der Waals surface area (Å²) in [5.41, 5.74) is 0.330. The van der Waals surface area contributed by atoms with E-state index < -0.39 is 11.7 Å². The molecule has 0 radical (unpaired) electrons. The van der Waals surface area contributed by atoms with E-state index in [0.29, 0.717) is 23.1 Å². The Morgan fingerprint density at radius 2 is 1.81 bits per heavy atom. The minimum absolute atomic E-state index is 0.0108. The largest absolute Gasteiger partial charge is 0.416 e. The molecule has 0 spiro atoms. The van der Waals surface area contributed by atoms with E-state index in [1.165, 1.54) is 6.07 Å². The molecule has 172 valence electrons. The van der Waals surface area contributed by atoms with Gasteiger partial charge >= 0.3 is 6.18 Å². The fraction of sp³-hybridized carbons (Fsp3) is 0.476. The molecule has 1 aliphatic heterocycles. The Morgan fingerprint density at radius 1 is 1.09 bits per heavy atom. The Kier molecular flexibility index (Phi) is 5.93. The number of benzene rings is 1. The zero-order valence-electron chi connectivity index (χ0n) is 18.0. The highest BCUT2D eigenvalue weighted by molar-refractivity contribution is 6.31. The van der Waals surface area contributed by atoms with Gasteiger partial charge in [0.15, 0.2) is 5.65 Å². The van der Waals surface area contributed by atoms with Gasteiger partial charge in [-0.05, 0) is 64.9 Å². The van der Waals surface area contributed by atoms with Gasteiger partial charge in [0.1, 0.15) is 5.52 Å². The molecule has 1 aliphatic rings. The zero-order chi connectivity index (χ0) is 23.1. The molecule has 4 rings (SSSR count). The van der Waals surface area contributed by atoms with Crippen LogP contribution in [0.2, 0.25) is 5.02 Å². The van der Waals surface area contributed by atoms with E-state index in [0.717, 1.165) is 38.1 Å². The van der Waals surface area contributed by atoms with Gasteiger partial charge in [0.05, 0.1) is 11.8 Å². The standard InChI is InChI=1S/C21H25ClF3N7/c1-20(2,3)31-18-27-11-16-17(30-18)32(15-4-6-26-7-5-15)19(29-16)28-14-9-12(21(23,24)25)8-13(22)10-14/h8-11,15,26H,4-7H2,1-3H3,(H,28,29)(H,27,30,31). The van der Waals surface area contributed by atoms with Crippen LogP contribution in [0.4, 0.5) is 30.8 Å². The Morgan fingerprint density at radius 3 is 2.47 bits per heavy atom. The van der Waals surface area contributed by atoms with E-state index in [2.05, 4.69) is 30.9 Å². The van der Waals surface area contributed by atoms with Crippen molar-refractivity contribution in [1.29, 1.82) is 0 Å². The number of rotatable bonds is 4. The predicted octanol–water partition coefficient (Wildman–Crippen LogP) is 5.38. The molecule has 11 heteroatoms. The van der Waals surface area contributed by atoms with Gasteiger partial charge in [0.2, 0.25) is 11.9 Å². The van der Waals surface area contributed by atoms with E-state index in [4.69, 9.17) is 11.6 Å². The fourth-order valence-electron chi connectivity index (χ4n) is 3.74. The molecule has 1 aromatic carbocycles. The third kappa shape index (κ3) is 5.07. The number of nitrogens with one attached hydrogen (secondary N) is 3. The van der Waals surface area contributed by atoms with Crippen LogP contribution in [0.3, 0.4) is 0 Å². The van der Waals surface area contributed by atoms with Crippen LogP contribution in [0.15, 0.2) is 24.4 Å². The monoisotopic (exact) mass is 467 g/mol. The number of hydrogen-bond acceptors (Lipinski definition) is 6. The molecule has 32 heavy (non-hydrogen) atoms. The van der Waals surface area contributed by atoms with Crippen molar-refractivity contribution < 1.29 is 13.2 Å². The molecule has 3 heterocycles. The first-order valence-corrected chi connectivity index (χ1v) is 10.8. The molecule has 0 atom stereocenters. The van der Waals surface area contributed by atoms with Crippen molar-refractivity contribution in [2.24, 2.45) is 0 Å². The van der Waals surface area contributed by atoms with Gasteiger partial charge in [0, 0.05) is 22.3 Å². The molecule has 0 bridgehead atoms. The highest BCUT2D eigenvalue weighted by atomic mass is 35.5. The van der Waals surface area contributed by atoms with Gasteiger partial charge in [-0.15, -0.1) is 0 Å². The predicted molar refractivity (Wildman–Crippen MR) is 120 cm³/mol. The first-order valence-electron chi connectivity index (χ1n) is 10.4. The summed E-state index contributed by atoms with van der Waals surface area (Å²) in [6.07, 6.45) is -1.20. The second-order valence-electron chi connectivity index (χ2n) is 8.92. The summed E-state index contributed by atoms with van der Waals surface area (Å²) in [5.74, 6) is 0.873. The Bertz CT molecular complexity index is 1120. The van der Waals surface area contributed by atoms with Crippen molar-refractivity contribution in [3.05, 3.63) is 35.0 Å². The molecular formula is C21H25ClF3N7. The van der Waals surface area contributed by atoms with Crippen molar-refractivity contribution in [2.45, 2.75) is 51.4 Å². The maximum atomic E-state index is 13.3. The molecule has 0 aliphatic carbocycles. The normalized spacial score (nSPS) is 15.8. The average Bonchev–Trinajstić information content (AvgIpc) is 3.03. The van der Waals surface area contributed by atoms with Gasteiger partial charge < -0.3 is 16.0 Å². The number of nitrogens with zero attached hydrogens (tertiary/aromatic N) is 4. The second-order valence-corrected chi connectivity index (χ2v) is 9.35. The number of hydrogen-bond donors (Lipinski definition) is 3. The second kappa shape index (κ2) is 8.40. The van der Waals surface area contributed by atoms with Gasteiger partial charge in [-0.2, -0.15) is 18.2 Å². The maximum absolute atomic E-state index is 13.3. The highest BCUT2D eigenvalue weighted by Crippen LogP contribution is 2.35. The third-order valence-electron chi connectivity index (χ3n) is 5.07. The molecule has 1 saturated heterocycles. The van der Waals surface area contributed by atoms with Crippen LogP contribution in [0, 0.1) is 0 Å². The van der Waals surface area contributed by atoms with Gasteiger partial charge in [0.25, 0.3) is 0 Å². The van der Waals surface area contributed by atoms with E-state index in [1.807, 2.05) is 25.3 Å². The van der Waals surface area contributed by atoms with Crippen LogP contribution in [-0.4, -0.2) is 38.1 Å². The Hall–Kier alpha value is -2.59. The average molecular weight is 468 g/mol. The van der Waals surface area contributed by atoms with Crippen LogP contribution >= 0.6 is 11.6 Å². The molecule has 1 fully saturated rings. The number of anilines is 3. The van der Waals surface area contributed by atoms with Crippen molar-refractivity contribution in [2.75, 3.05) is 23.7 Å². The van der Waals surface area contributed by atoms with Crippen molar-refractivity contribution in [1.82, 2.24) is 24.8 Å². The third-order valence-corrected chi connectivity index (χ3v) is 5.29. The molecule has 0 amide bonds. The van der Waals surface area contributed by atoms with Crippen molar-refractivity contribution in [3.8, 4) is 0 Å². The summed E-state index contributed by atoms with van der Waals surface area (Å²) >= 11 is 5.97. The number of fused-ring (bicyclic) bond motifs is 1. The zero-order valence-corrected chi connectivity index (χ0v) is 18.8. The minimum atomic E-state index is -4.50. The molecule has 2 aromatic heterocycles. The SMILES string of the molecule is CC(C)(C)Nc1ncc2nc(Nc3cc(Cl)cc(C(F)(F)F)c3)n(C3CCNCC3)c2n1. The number of alkyl halides is 3. The van der Waals surface area contributed by atoms with Crippen LogP contribution in [0.5, 0.6) is 0 Å². The van der Waals surface area contributed by atoms with E-state index in [1.54, 1.807) is 6.20 Å². The lowest BCUT2D eigenvalue weighted by Gasteiger charge is -2.26. The number of piperidine rings is 1. The summed E-state index contributed by atoms with van der Waals surface area (Å²) in [7, 11) is 0. The summed E-state index contributed by atoms with van der Waals surface area (Å²) < 4.78 is 41.8. The van der Waals surface area contributed by atoms with Crippen molar-refractivity contribution in [3.63, 3.8) is 0 Å². The molecule has 7 nitrogen and oxygen atoms in total. The fourth-order valence-corrected chi connectivity index (χ4v) is 3.98. The molecule has 0 saturated carbocycles. The smallest absolute Gasteiger partial charge is 0.350 e. The Balaban J connectivity index is 1.79. The van der Waals surface area contributed by atoms with Crippen molar-refractivity contribution >= 4 is 40.3 Å². The summed E-state index contributed by atoms with van der Waals surface area (Å²) in [5, 5.41) is 9.61. The summed E-state index contributed by atoms with van der Waals surface area (Å²) in [6, 6.07) is 3.46. The molecule has 0 unspecified atom stereocenters. The lowest BCUT2D eigenvalue weighted by Crippen LogP contribution is -2.30. The van der Waals surface area contributed by atoms with Gasteiger partial charge in [-0.3, -0.25) is 4.57 Å². The van der Waals surface area contributed by atoms with Crippen LogP contribution in [0.1, 0.15) is 45.2 Å². The molecule has 3 aromatic rings. The van der Waals surface area contributed by atoms with E-state index in [9.17, 15) is 13.2 Å². The first kappa shape index (κ1) is 22.6. The number of aromatic nitrogens is 4. The topological polar surface area (TPSA) is 79.7 Å². The quantitative estimate of drug-likeness (QED) is 0.478.